The largest absolute Gasteiger partial charge is 0.461 e. The van der Waals surface area contributed by atoms with Gasteiger partial charge in [0, 0.05) is 0 Å². The molecule has 0 aliphatic heterocycles. The first kappa shape index (κ1) is 15.4. The van der Waals surface area contributed by atoms with Crippen molar-refractivity contribution in [2.24, 2.45) is 0 Å². The van der Waals surface area contributed by atoms with E-state index in [2.05, 4.69) is 20.5 Å². The predicted octanol–water partition coefficient (Wildman–Crippen LogP) is 1.45. The Morgan fingerprint density at radius 2 is 2.13 bits per heavy atom. The summed E-state index contributed by atoms with van der Waals surface area (Å²) in [5.74, 6) is -1.83. The Morgan fingerprint density at radius 1 is 1.39 bits per heavy atom. The fourth-order valence-corrected chi connectivity index (χ4v) is 2.05. The van der Waals surface area contributed by atoms with Crippen molar-refractivity contribution in [2.45, 2.75) is 38.5 Å². The molecule has 23 heavy (non-hydrogen) atoms. The molecule has 1 saturated carbocycles. The van der Waals surface area contributed by atoms with Gasteiger partial charge in [-0.05, 0) is 31.0 Å². The van der Waals surface area contributed by atoms with E-state index in [1.807, 2.05) is 0 Å². The number of rotatable bonds is 5. The molecule has 0 atom stereocenters. The highest BCUT2D eigenvalue weighted by atomic mass is 19.4. The van der Waals surface area contributed by atoms with E-state index in [1.165, 1.54) is 6.07 Å². The second kappa shape index (κ2) is 5.63. The van der Waals surface area contributed by atoms with Gasteiger partial charge in [0.15, 0.2) is 0 Å². The summed E-state index contributed by atoms with van der Waals surface area (Å²) in [6, 6.07) is 1.60. The second-order valence-corrected chi connectivity index (χ2v) is 5.06. The fraction of sp³-hybridized carbons (Fsp3) is 0.583. The normalized spacial score (nSPS) is 15.0. The molecule has 2 heterocycles. The van der Waals surface area contributed by atoms with Crippen LogP contribution >= 0.6 is 0 Å². The summed E-state index contributed by atoms with van der Waals surface area (Å²) in [4.78, 5) is 12.7. The van der Waals surface area contributed by atoms with Gasteiger partial charge in [0.2, 0.25) is 0 Å². The van der Waals surface area contributed by atoms with Gasteiger partial charge in [-0.3, -0.25) is 4.68 Å². The van der Waals surface area contributed by atoms with Crippen molar-refractivity contribution in [3.63, 3.8) is 0 Å². The van der Waals surface area contributed by atoms with Gasteiger partial charge in [0.05, 0.1) is 18.3 Å². The van der Waals surface area contributed by atoms with Crippen LogP contribution in [-0.4, -0.2) is 42.6 Å². The molecule has 0 N–H and O–H groups in total. The summed E-state index contributed by atoms with van der Waals surface area (Å²) < 4.78 is 43.9. The number of tetrazole rings is 1. The smallest absolute Gasteiger partial charge is 0.455 e. The topological polar surface area (TPSA) is 87.7 Å². The molecule has 0 saturated heterocycles. The standard InChI is InChI=1S/C12H13F3N6O2/c1-2-23-10(22)9-5-7(17-21(9)8-3-4-8)6-20-18-11(16-19-20)12(13,14)15/h5,8H,2-4,6H2,1H3. The molecule has 1 aliphatic rings. The first-order valence-corrected chi connectivity index (χ1v) is 6.99. The van der Waals surface area contributed by atoms with Gasteiger partial charge in [-0.25, -0.2) is 4.79 Å². The van der Waals surface area contributed by atoms with E-state index in [9.17, 15) is 18.0 Å². The number of hydrogen-bond donors (Lipinski definition) is 0. The minimum absolute atomic E-state index is 0.116. The Hall–Kier alpha value is -2.46. The summed E-state index contributed by atoms with van der Waals surface area (Å²) in [5.41, 5.74) is 0.645. The summed E-state index contributed by atoms with van der Waals surface area (Å²) in [7, 11) is 0. The Labute approximate surface area is 128 Å². The highest BCUT2D eigenvalue weighted by molar-refractivity contribution is 5.87. The van der Waals surface area contributed by atoms with Crippen molar-refractivity contribution in [1.82, 2.24) is 30.0 Å². The summed E-state index contributed by atoms with van der Waals surface area (Å²) in [6.07, 6.45) is -2.86. The molecule has 3 rings (SSSR count). The summed E-state index contributed by atoms with van der Waals surface area (Å²) >= 11 is 0. The molecule has 1 fully saturated rings. The molecule has 2 aromatic heterocycles. The third-order valence-electron chi connectivity index (χ3n) is 3.17. The molecular formula is C12H13F3N6O2. The fourth-order valence-electron chi connectivity index (χ4n) is 2.05. The number of alkyl halides is 3. The van der Waals surface area contributed by atoms with E-state index in [1.54, 1.807) is 11.6 Å². The highest BCUT2D eigenvalue weighted by Crippen LogP contribution is 2.35. The van der Waals surface area contributed by atoms with Gasteiger partial charge in [0.25, 0.3) is 5.82 Å². The molecule has 0 amide bonds. The van der Waals surface area contributed by atoms with E-state index in [0.717, 1.165) is 17.6 Å². The molecule has 0 spiro atoms. The third kappa shape index (κ3) is 3.32. The van der Waals surface area contributed by atoms with Crippen LogP contribution in [0.5, 0.6) is 0 Å². The van der Waals surface area contributed by atoms with E-state index < -0.39 is 18.0 Å². The zero-order valence-electron chi connectivity index (χ0n) is 12.1. The third-order valence-corrected chi connectivity index (χ3v) is 3.17. The maximum atomic E-state index is 12.5. The monoisotopic (exact) mass is 330 g/mol. The van der Waals surface area contributed by atoms with E-state index in [4.69, 9.17) is 4.74 Å². The quantitative estimate of drug-likeness (QED) is 0.771. The van der Waals surface area contributed by atoms with Gasteiger partial charge in [-0.1, -0.05) is 0 Å². The van der Waals surface area contributed by atoms with Crippen molar-refractivity contribution in [1.29, 1.82) is 0 Å². The average Bonchev–Trinajstić information content (AvgIpc) is 3.05. The minimum atomic E-state index is -4.65. The lowest BCUT2D eigenvalue weighted by Crippen LogP contribution is -2.12. The molecular weight excluding hydrogens is 317 g/mol. The second-order valence-electron chi connectivity index (χ2n) is 5.06. The van der Waals surface area contributed by atoms with Gasteiger partial charge >= 0.3 is 12.1 Å². The Balaban J connectivity index is 1.82. The summed E-state index contributed by atoms with van der Waals surface area (Å²) in [5, 5.41) is 13.8. The number of nitrogens with zero attached hydrogens (tertiary/aromatic N) is 6. The van der Waals surface area contributed by atoms with Crippen molar-refractivity contribution < 1.29 is 22.7 Å². The zero-order chi connectivity index (χ0) is 16.6. The van der Waals surface area contributed by atoms with Gasteiger partial charge in [-0.15, -0.1) is 10.2 Å². The Morgan fingerprint density at radius 3 is 2.70 bits per heavy atom. The van der Waals surface area contributed by atoms with Crippen molar-refractivity contribution in [2.75, 3.05) is 6.61 Å². The van der Waals surface area contributed by atoms with Crippen LogP contribution in [0.1, 0.15) is 47.8 Å². The van der Waals surface area contributed by atoms with Crippen LogP contribution in [0.3, 0.4) is 0 Å². The number of carbonyl (C=O) groups excluding carboxylic acids is 1. The van der Waals surface area contributed by atoms with Crippen LogP contribution in [0.15, 0.2) is 6.07 Å². The lowest BCUT2D eigenvalue weighted by molar-refractivity contribution is -0.145. The lowest BCUT2D eigenvalue weighted by atomic mass is 10.3. The molecule has 124 valence electrons. The van der Waals surface area contributed by atoms with Gasteiger partial charge in [-0.2, -0.15) is 23.1 Å². The minimum Gasteiger partial charge on any atom is -0.461 e. The van der Waals surface area contributed by atoms with Crippen LogP contribution < -0.4 is 0 Å². The maximum absolute atomic E-state index is 12.5. The van der Waals surface area contributed by atoms with Crippen molar-refractivity contribution in [3.8, 4) is 0 Å². The number of esters is 1. The molecule has 1 aliphatic carbocycles. The van der Waals surface area contributed by atoms with Gasteiger partial charge < -0.3 is 4.74 Å². The van der Waals surface area contributed by atoms with Crippen LogP contribution in [-0.2, 0) is 17.5 Å². The van der Waals surface area contributed by atoms with Crippen LogP contribution in [0.2, 0.25) is 0 Å². The first-order valence-electron chi connectivity index (χ1n) is 6.99. The summed E-state index contributed by atoms with van der Waals surface area (Å²) in [6.45, 7) is 1.80. The molecule has 0 radical (unpaired) electrons. The Kier molecular flexibility index (Phi) is 3.78. The lowest BCUT2D eigenvalue weighted by Gasteiger charge is -2.04. The van der Waals surface area contributed by atoms with Crippen molar-refractivity contribution >= 4 is 5.97 Å². The Bertz CT molecular complexity index is 719. The number of carbonyl (C=O) groups is 1. The number of aromatic nitrogens is 6. The molecule has 0 aromatic carbocycles. The zero-order valence-corrected chi connectivity index (χ0v) is 12.1. The first-order chi connectivity index (χ1) is 10.9. The molecule has 11 heteroatoms. The molecule has 0 unspecified atom stereocenters. The average molecular weight is 330 g/mol. The van der Waals surface area contributed by atoms with E-state index in [0.29, 0.717) is 5.69 Å². The molecule has 8 nitrogen and oxygen atoms in total. The molecule has 2 aromatic rings. The predicted molar refractivity (Wildman–Crippen MR) is 68.4 cm³/mol. The number of hydrogen-bond acceptors (Lipinski definition) is 6. The van der Waals surface area contributed by atoms with Crippen LogP contribution in [0.4, 0.5) is 13.2 Å². The SMILES string of the molecule is CCOC(=O)c1cc(Cn2nnc(C(F)(F)F)n2)nn1C1CC1. The van der Waals surface area contributed by atoms with Crippen LogP contribution in [0.25, 0.3) is 0 Å². The van der Waals surface area contributed by atoms with Gasteiger partial charge in [0.1, 0.15) is 12.2 Å². The van der Waals surface area contributed by atoms with E-state index in [-0.39, 0.29) is 24.9 Å². The number of halogens is 3. The van der Waals surface area contributed by atoms with Crippen molar-refractivity contribution in [3.05, 3.63) is 23.3 Å². The maximum Gasteiger partial charge on any atom is 0.455 e. The highest BCUT2D eigenvalue weighted by Gasteiger charge is 2.37. The van der Waals surface area contributed by atoms with E-state index >= 15 is 0 Å². The number of ether oxygens (including phenoxy) is 1. The van der Waals surface area contributed by atoms with Crippen LogP contribution in [0, 0.1) is 0 Å². The molecule has 0 bridgehead atoms.